The number of nitrogens with zero attached hydrogens (tertiary/aromatic N) is 4. The third kappa shape index (κ3) is 3.85. The maximum Gasteiger partial charge on any atom is 0.295 e. The lowest BCUT2D eigenvalue weighted by Gasteiger charge is -2.27. The normalized spacial score (nSPS) is 17.9. The molecule has 1 aliphatic rings. The number of non-ortho nitro benzene ring substituents is 1. The first kappa shape index (κ1) is 22.2. The van der Waals surface area contributed by atoms with Crippen LogP contribution in [0.3, 0.4) is 0 Å². The first-order chi connectivity index (χ1) is 15.7. The fourth-order valence-corrected chi connectivity index (χ4v) is 4.11. The Morgan fingerprint density at radius 1 is 1.18 bits per heavy atom. The number of ketones is 1. The Hall–Kier alpha value is -4.05. The van der Waals surface area contributed by atoms with Crippen molar-refractivity contribution in [1.82, 2.24) is 14.3 Å². The number of nitro groups is 1. The van der Waals surface area contributed by atoms with Crippen molar-refractivity contribution in [2.45, 2.75) is 13.0 Å². The lowest BCUT2D eigenvalue weighted by molar-refractivity contribution is -0.857. The number of amides is 1. The van der Waals surface area contributed by atoms with E-state index in [0.717, 1.165) is 4.90 Å². The number of aromatic nitrogens is 2. The smallest absolute Gasteiger partial charge is 0.295 e. The number of rotatable bonds is 6. The molecule has 1 unspecified atom stereocenters. The molecule has 1 atom stereocenters. The van der Waals surface area contributed by atoms with Crippen LogP contribution in [0.25, 0.3) is 11.4 Å². The van der Waals surface area contributed by atoms with Gasteiger partial charge in [0, 0.05) is 23.9 Å². The predicted octanol–water partition coefficient (Wildman–Crippen LogP) is -0.0806. The molecule has 33 heavy (non-hydrogen) atoms. The number of hydrogen-bond acceptors (Lipinski definition) is 6. The van der Waals surface area contributed by atoms with Gasteiger partial charge in [-0.3, -0.25) is 19.7 Å². The van der Waals surface area contributed by atoms with E-state index >= 15 is 0 Å². The Kier molecular flexibility index (Phi) is 5.69. The molecule has 1 fully saturated rings. The maximum atomic E-state index is 13.7. The van der Waals surface area contributed by atoms with Gasteiger partial charge in [0.2, 0.25) is 5.78 Å². The fraction of sp³-hybridized carbons (Fsp3) is 0.261. The third-order valence-electron chi connectivity index (χ3n) is 5.70. The maximum absolute atomic E-state index is 13.7. The van der Waals surface area contributed by atoms with Gasteiger partial charge in [-0.2, -0.15) is 0 Å². The van der Waals surface area contributed by atoms with Crippen LogP contribution >= 0.6 is 0 Å². The van der Waals surface area contributed by atoms with E-state index in [1.54, 1.807) is 41.8 Å². The Bertz CT molecular complexity index is 1310. The number of likely N-dealkylation sites (tertiary alicyclic amines) is 1. The van der Waals surface area contributed by atoms with Crippen molar-refractivity contribution in [2.24, 2.45) is 0 Å². The van der Waals surface area contributed by atoms with E-state index < -0.39 is 28.4 Å². The SMILES string of the molecule is Cc1nc2ccccn2c1C([O-])=C1C(=O)C(=O)N(CC[NH+](C)C)C1c1cccc([N+](=O)[O-])c1. The summed E-state index contributed by atoms with van der Waals surface area (Å²) >= 11 is 0. The number of pyridine rings is 1. The quantitative estimate of drug-likeness (QED) is 0.184. The lowest BCUT2D eigenvalue weighted by atomic mass is 9.96. The highest BCUT2D eigenvalue weighted by atomic mass is 16.6. The molecule has 10 nitrogen and oxygen atoms in total. The van der Waals surface area contributed by atoms with Crippen molar-refractivity contribution < 1.29 is 24.5 Å². The number of benzene rings is 1. The minimum absolute atomic E-state index is 0.185. The molecule has 170 valence electrons. The first-order valence-corrected chi connectivity index (χ1v) is 10.4. The van der Waals surface area contributed by atoms with E-state index in [2.05, 4.69) is 4.98 Å². The molecule has 4 rings (SSSR count). The van der Waals surface area contributed by atoms with Gasteiger partial charge in [-0.05, 0) is 24.6 Å². The van der Waals surface area contributed by atoms with E-state index in [0.29, 0.717) is 23.4 Å². The summed E-state index contributed by atoms with van der Waals surface area (Å²) in [6, 6.07) is 9.94. The molecule has 1 aliphatic heterocycles. The Morgan fingerprint density at radius 2 is 1.94 bits per heavy atom. The van der Waals surface area contributed by atoms with Crippen molar-refractivity contribution in [3.63, 3.8) is 0 Å². The molecule has 3 aromatic rings. The van der Waals surface area contributed by atoms with E-state index in [1.165, 1.54) is 23.1 Å². The van der Waals surface area contributed by atoms with Crippen molar-refractivity contribution in [2.75, 3.05) is 27.2 Å². The number of carbonyl (C=O) groups is 2. The van der Waals surface area contributed by atoms with Crippen molar-refractivity contribution in [3.05, 3.63) is 81.3 Å². The Balaban J connectivity index is 1.95. The molecular formula is C23H23N5O5. The van der Waals surface area contributed by atoms with E-state index in [1.807, 2.05) is 14.1 Å². The zero-order valence-electron chi connectivity index (χ0n) is 18.4. The second kappa shape index (κ2) is 8.47. The lowest BCUT2D eigenvalue weighted by Crippen LogP contribution is -3.06. The number of hydrogen-bond donors (Lipinski definition) is 1. The van der Waals surface area contributed by atoms with Crippen LogP contribution in [0, 0.1) is 17.0 Å². The van der Waals surface area contributed by atoms with Crippen LogP contribution in [-0.2, 0) is 9.59 Å². The molecule has 3 heterocycles. The van der Waals surface area contributed by atoms with E-state index in [-0.39, 0.29) is 23.5 Å². The monoisotopic (exact) mass is 449 g/mol. The zero-order valence-corrected chi connectivity index (χ0v) is 18.4. The van der Waals surface area contributed by atoms with Gasteiger partial charge in [0.1, 0.15) is 5.65 Å². The van der Waals surface area contributed by atoms with Crippen LogP contribution < -0.4 is 10.0 Å². The largest absolute Gasteiger partial charge is 0.871 e. The molecule has 0 radical (unpaired) electrons. The highest BCUT2D eigenvalue weighted by Gasteiger charge is 2.45. The molecule has 0 aliphatic carbocycles. The number of fused-ring (bicyclic) bond motifs is 1. The second-order valence-electron chi connectivity index (χ2n) is 8.26. The molecule has 1 amide bonds. The van der Waals surface area contributed by atoms with Gasteiger partial charge in [0.05, 0.1) is 49.5 Å². The number of Topliss-reactive ketones (excluding diaryl/α,β-unsaturated/α-hetero) is 1. The van der Waals surface area contributed by atoms with Gasteiger partial charge >= 0.3 is 0 Å². The summed E-state index contributed by atoms with van der Waals surface area (Å²) in [5, 5.41) is 25.1. The minimum atomic E-state index is -1.02. The number of nitrogens with one attached hydrogen (secondary N) is 1. The van der Waals surface area contributed by atoms with Crippen LogP contribution in [0.4, 0.5) is 5.69 Å². The van der Waals surface area contributed by atoms with Crippen molar-refractivity contribution in [1.29, 1.82) is 0 Å². The molecule has 1 aromatic carbocycles. The molecular weight excluding hydrogens is 426 g/mol. The van der Waals surface area contributed by atoms with Crippen LogP contribution in [0.2, 0.25) is 0 Å². The van der Waals surface area contributed by atoms with Crippen molar-refractivity contribution in [3.8, 4) is 0 Å². The Labute approximate surface area is 189 Å². The molecule has 0 spiro atoms. The van der Waals surface area contributed by atoms with Gasteiger partial charge < -0.3 is 19.3 Å². The summed E-state index contributed by atoms with van der Waals surface area (Å²) in [5.74, 6) is -2.29. The summed E-state index contributed by atoms with van der Waals surface area (Å²) in [6.45, 7) is 2.40. The van der Waals surface area contributed by atoms with Crippen LogP contribution in [-0.4, -0.2) is 58.1 Å². The number of quaternary nitrogens is 1. The molecule has 2 aromatic heterocycles. The van der Waals surface area contributed by atoms with Gasteiger partial charge in [0.25, 0.3) is 11.6 Å². The number of imidazole rings is 1. The summed E-state index contributed by atoms with van der Waals surface area (Å²) in [4.78, 5) is 43.7. The molecule has 10 heteroatoms. The summed E-state index contributed by atoms with van der Waals surface area (Å²) in [5.41, 5.74) is 1.09. The average molecular weight is 449 g/mol. The second-order valence-corrected chi connectivity index (χ2v) is 8.26. The van der Waals surface area contributed by atoms with E-state index in [4.69, 9.17) is 0 Å². The number of aryl methyl sites for hydroxylation is 1. The topological polar surface area (TPSA) is 125 Å². The molecule has 1 saturated heterocycles. The summed E-state index contributed by atoms with van der Waals surface area (Å²) in [7, 11) is 3.81. The zero-order chi connectivity index (χ0) is 23.9. The minimum Gasteiger partial charge on any atom is -0.871 e. The molecule has 0 saturated carbocycles. The van der Waals surface area contributed by atoms with Crippen LogP contribution in [0.1, 0.15) is 23.0 Å². The van der Waals surface area contributed by atoms with E-state index in [9.17, 15) is 24.8 Å². The van der Waals surface area contributed by atoms with Gasteiger partial charge in [-0.15, -0.1) is 0 Å². The summed E-state index contributed by atoms with van der Waals surface area (Å²) < 4.78 is 1.58. The van der Waals surface area contributed by atoms with Gasteiger partial charge in [-0.1, -0.05) is 24.0 Å². The fourth-order valence-electron chi connectivity index (χ4n) is 4.11. The van der Waals surface area contributed by atoms with Crippen molar-refractivity contribution >= 4 is 28.8 Å². The Morgan fingerprint density at radius 3 is 2.64 bits per heavy atom. The van der Waals surface area contributed by atoms with Gasteiger partial charge in [-0.25, -0.2) is 4.98 Å². The standard InChI is InChI=1S/C23H23N5O5/c1-14-19(26-10-5-4-9-17(26)24-14)21(29)18-20(15-7-6-8-16(13-15)28(32)33)27(12-11-25(2)3)23(31)22(18)30/h4-10,13,20,29H,11-12H2,1-3H3. The van der Waals surface area contributed by atoms with Crippen LogP contribution in [0.15, 0.2) is 54.2 Å². The molecule has 0 bridgehead atoms. The predicted molar refractivity (Wildman–Crippen MR) is 117 cm³/mol. The third-order valence-corrected chi connectivity index (χ3v) is 5.70. The van der Waals surface area contributed by atoms with Crippen LogP contribution in [0.5, 0.6) is 0 Å². The number of carbonyl (C=O) groups excluding carboxylic acids is 2. The molecule has 1 N–H and O–H groups in total. The first-order valence-electron chi connectivity index (χ1n) is 10.4. The summed E-state index contributed by atoms with van der Waals surface area (Å²) in [6.07, 6.45) is 1.67. The van der Waals surface area contributed by atoms with Gasteiger partial charge in [0.15, 0.2) is 0 Å². The average Bonchev–Trinajstić information content (AvgIpc) is 3.25. The number of nitro benzene ring substituents is 1. The highest BCUT2D eigenvalue weighted by Crippen LogP contribution is 2.39. The number of likely N-dealkylation sites (N-methyl/N-ethyl adjacent to an activating group) is 1. The highest BCUT2D eigenvalue weighted by molar-refractivity contribution is 6.46.